The van der Waals surface area contributed by atoms with Gasteiger partial charge in [0.1, 0.15) is 0 Å². The Morgan fingerprint density at radius 2 is 2.12 bits per heavy atom. The van der Waals surface area contributed by atoms with E-state index in [1.807, 2.05) is 0 Å². The minimum absolute atomic E-state index is 0.0820. The fourth-order valence-electron chi connectivity index (χ4n) is 1.32. The Hall–Kier alpha value is -1.27. The molecule has 0 aliphatic heterocycles. The van der Waals surface area contributed by atoms with Gasteiger partial charge >= 0.3 is 0 Å². The van der Waals surface area contributed by atoms with E-state index < -0.39 is 9.84 Å². The molecule has 16 heavy (non-hydrogen) atoms. The summed E-state index contributed by atoms with van der Waals surface area (Å²) in [6, 6.07) is 4.82. The van der Waals surface area contributed by atoms with E-state index in [0.717, 1.165) is 6.26 Å². The van der Waals surface area contributed by atoms with E-state index in [1.165, 1.54) is 6.07 Å². The van der Waals surface area contributed by atoms with Crippen molar-refractivity contribution in [1.82, 2.24) is 0 Å². The number of para-hydroxylation sites is 1. The monoisotopic (exact) mass is 244 g/mol. The number of nitrogens with one attached hydrogen (secondary N) is 1. The van der Waals surface area contributed by atoms with Gasteiger partial charge in [-0.25, -0.2) is 8.42 Å². The summed E-state index contributed by atoms with van der Waals surface area (Å²) in [4.78, 5) is 0.126. The van der Waals surface area contributed by atoms with Crippen molar-refractivity contribution >= 4 is 21.2 Å². The standard InChI is InChI=1S/C10H16N2O3S/c1-16(14,15)9-5-2-4-8(10(9)11)12-6-3-7-13/h2,4-5,12-13H,3,6-7,11H2,1H3. The van der Waals surface area contributed by atoms with E-state index >= 15 is 0 Å². The Morgan fingerprint density at radius 3 is 2.69 bits per heavy atom. The highest BCUT2D eigenvalue weighted by Gasteiger charge is 2.13. The molecule has 0 fully saturated rings. The van der Waals surface area contributed by atoms with Crippen LogP contribution < -0.4 is 11.1 Å². The molecule has 0 heterocycles. The summed E-state index contributed by atoms with van der Waals surface area (Å²) < 4.78 is 22.8. The minimum atomic E-state index is -3.30. The molecule has 0 unspecified atom stereocenters. The smallest absolute Gasteiger partial charge is 0.177 e. The largest absolute Gasteiger partial charge is 0.396 e. The average Bonchev–Trinajstić information content (AvgIpc) is 2.19. The van der Waals surface area contributed by atoms with Crippen molar-refractivity contribution in [2.24, 2.45) is 0 Å². The molecule has 1 aromatic carbocycles. The van der Waals surface area contributed by atoms with Gasteiger partial charge in [0, 0.05) is 19.4 Å². The average molecular weight is 244 g/mol. The van der Waals surface area contributed by atoms with Gasteiger partial charge in [0.05, 0.1) is 16.3 Å². The van der Waals surface area contributed by atoms with Crippen molar-refractivity contribution in [3.05, 3.63) is 18.2 Å². The van der Waals surface area contributed by atoms with Gasteiger partial charge in [-0.3, -0.25) is 0 Å². The fourth-order valence-corrected chi connectivity index (χ4v) is 2.16. The lowest BCUT2D eigenvalue weighted by molar-refractivity contribution is 0.292. The van der Waals surface area contributed by atoms with Crippen molar-refractivity contribution in [2.45, 2.75) is 11.3 Å². The van der Waals surface area contributed by atoms with Gasteiger partial charge in [-0.15, -0.1) is 0 Å². The summed E-state index contributed by atoms with van der Waals surface area (Å²) in [5, 5.41) is 11.6. The predicted molar refractivity (Wildman–Crippen MR) is 64.2 cm³/mol. The third kappa shape index (κ3) is 3.11. The highest BCUT2D eigenvalue weighted by molar-refractivity contribution is 7.90. The molecule has 0 aliphatic carbocycles. The molecule has 6 heteroatoms. The van der Waals surface area contributed by atoms with Gasteiger partial charge in [-0.2, -0.15) is 0 Å². The minimum Gasteiger partial charge on any atom is -0.396 e. The van der Waals surface area contributed by atoms with Crippen LogP contribution in [0, 0.1) is 0 Å². The molecule has 0 amide bonds. The zero-order valence-electron chi connectivity index (χ0n) is 9.10. The summed E-state index contributed by atoms with van der Waals surface area (Å²) in [6.07, 6.45) is 1.71. The summed E-state index contributed by atoms with van der Waals surface area (Å²) in [5.41, 5.74) is 6.55. The van der Waals surface area contributed by atoms with Crippen LogP contribution in [0.4, 0.5) is 11.4 Å². The van der Waals surface area contributed by atoms with Gasteiger partial charge in [0.15, 0.2) is 9.84 Å². The first kappa shape index (κ1) is 12.8. The molecular weight excluding hydrogens is 228 g/mol. The molecule has 5 nitrogen and oxygen atoms in total. The Labute approximate surface area is 95.2 Å². The second-order valence-electron chi connectivity index (χ2n) is 3.49. The first-order valence-electron chi connectivity index (χ1n) is 4.90. The SMILES string of the molecule is CS(=O)(=O)c1cccc(NCCCO)c1N. The zero-order valence-corrected chi connectivity index (χ0v) is 9.92. The quantitative estimate of drug-likeness (QED) is 0.517. The molecule has 0 aromatic heterocycles. The van der Waals surface area contributed by atoms with E-state index in [4.69, 9.17) is 10.8 Å². The number of aliphatic hydroxyl groups is 1. The fraction of sp³-hybridized carbons (Fsp3) is 0.400. The first-order chi connectivity index (χ1) is 7.46. The van der Waals surface area contributed by atoms with Gasteiger partial charge < -0.3 is 16.2 Å². The van der Waals surface area contributed by atoms with Crippen LogP contribution in [-0.4, -0.2) is 32.9 Å². The number of nitrogens with two attached hydrogens (primary N) is 1. The van der Waals surface area contributed by atoms with Crippen molar-refractivity contribution in [2.75, 3.05) is 30.5 Å². The Morgan fingerprint density at radius 1 is 1.44 bits per heavy atom. The number of nitrogen functional groups attached to an aromatic ring is 1. The maximum Gasteiger partial charge on any atom is 0.177 e. The molecule has 0 saturated carbocycles. The Balaban J connectivity index is 2.96. The van der Waals surface area contributed by atoms with Crippen LogP contribution in [0.2, 0.25) is 0 Å². The maximum atomic E-state index is 11.4. The number of hydrogen-bond donors (Lipinski definition) is 3. The van der Waals surface area contributed by atoms with Crippen LogP contribution in [0.15, 0.2) is 23.1 Å². The van der Waals surface area contributed by atoms with Crippen molar-refractivity contribution in [1.29, 1.82) is 0 Å². The number of sulfone groups is 1. The van der Waals surface area contributed by atoms with Gasteiger partial charge in [-0.1, -0.05) is 6.07 Å². The van der Waals surface area contributed by atoms with Gasteiger partial charge in [0.25, 0.3) is 0 Å². The summed E-state index contributed by atoms with van der Waals surface area (Å²) in [5.74, 6) is 0. The van der Waals surface area contributed by atoms with Crippen molar-refractivity contribution in [3.63, 3.8) is 0 Å². The third-order valence-electron chi connectivity index (χ3n) is 2.12. The second-order valence-corrected chi connectivity index (χ2v) is 5.48. The Kier molecular flexibility index (Phi) is 4.14. The normalized spacial score (nSPS) is 11.4. The van der Waals surface area contributed by atoms with E-state index in [0.29, 0.717) is 18.7 Å². The van der Waals surface area contributed by atoms with Gasteiger partial charge in [-0.05, 0) is 18.6 Å². The maximum absolute atomic E-state index is 11.4. The molecule has 0 atom stereocenters. The van der Waals surface area contributed by atoms with Crippen LogP contribution in [0.1, 0.15) is 6.42 Å². The second kappa shape index (κ2) is 5.18. The van der Waals surface area contributed by atoms with Crippen LogP contribution in [-0.2, 0) is 9.84 Å². The highest BCUT2D eigenvalue weighted by atomic mass is 32.2. The van der Waals surface area contributed by atoms with Crippen molar-refractivity contribution < 1.29 is 13.5 Å². The molecule has 4 N–H and O–H groups in total. The number of rotatable bonds is 5. The Bertz CT molecular complexity index is 457. The topological polar surface area (TPSA) is 92.4 Å². The molecule has 1 rings (SSSR count). The summed E-state index contributed by atoms with van der Waals surface area (Å²) >= 11 is 0. The molecule has 0 aliphatic rings. The predicted octanol–water partition coefficient (Wildman–Crippen LogP) is 0.467. The number of aliphatic hydroxyl groups excluding tert-OH is 1. The lowest BCUT2D eigenvalue weighted by Gasteiger charge is -2.11. The van der Waals surface area contributed by atoms with E-state index in [1.54, 1.807) is 12.1 Å². The molecule has 0 saturated heterocycles. The third-order valence-corrected chi connectivity index (χ3v) is 3.27. The summed E-state index contributed by atoms with van der Waals surface area (Å²) in [6.45, 7) is 0.632. The molecule has 0 radical (unpaired) electrons. The van der Waals surface area contributed by atoms with Crippen LogP contribution in [0.25, 0.3) is 0 Å². The van der Waals surface area contributed by atoms with Crippen LogP contribution >= 0.6 is 0 Å². The summed E-state index contributed by atoms with van der Waals surface area (Å²) in [7, 11) is -3.30. The van der Waals surface area contributed by atoms with Crippen molar-refractivity contribution in [3.8, 4) is 0 Å². The number of anilines is 2. The molecule has 0 spiro atoms. The first-order valence-corrected chi connectivity index (χ1v) is 6.79. The zero-order chi connectivity index (χ0) is 12.2. The molecular formula is C10H16N2O3S. The van der Waals surface area contributed by atoms with E-state index in [9.17, 15) is 8.42 Å². The lowest BCUT2D eigenvalue weighted by atomic mass is 10.2. The molecule has 0 bridgehead atoms. The van der Waals surface area contributed by atoms with E-state index in [-0.39, 0.29) is 17.2 Å². The number of benzene rings is 1. The van der Waals surface area contributed by atoms with E-state index in [2.05, 4.69) is 5.32 Å². The molecule has 90 valence electrons. The van der Waals surface area contributed by atoms with Crippen LogP contribution in [0.5, 0.6) is 0 Å². The lowest BCUT2D eigenvalue weighted by Crippen LogP contribution is -2.09. The molecule has 1 aromatic rings. The van der Waals surface area contributed by atoms with Crippen LogP contribution in [0.3, 0.4) is 0 Å². The number of hydrogen-bond acceptors (Lipinski definition) is 5. The van der Waals surface area contributed by atoms with Gasteiger partial charge in [0.2, 0.25) is 0 Å². The highest BCUT2D eigenvalue weighted by Crippen LogP contribution is 2.26.